The zero-order chi connectivity index (χ0) is 12.4. The van der Waals surface area contributed by atoms with Crippen LogP contribution in [0, 0.1) is 12.8 Å². The standard InChI is InChI=1S/C13H22BrN3/c1-4-15-11(10-5-6-10)7-8-12-13(14)9(2)16-17(12)3/h10-11,15H,4-8H2,1-3H3. The first kappa shape index (κ1) is 13.1. The van der Waals surface area contributed by atoms with Gasteiger partial charge < -0.3 is 5.32 Å². The zero-order valence-corrected chi connectivity index (χ0v) is 12.5. The molecule has 0 saturated heterocycles. The van der Waals surface area contributed by atoms with Gasteiger partial charge in [0.2, 0.25) is 0 Å². The Bertz CT molecular complexity index is 382. The van der Waals surface area contributed by atoms with Crippen LogP contribution < -0.4 is 5.32 Å². The highest BCUT2D eigenvalue weighted by molar-refractivity contribution is 9.10. The van der Waals surface area contributed by atoms with Gasteiger partial charge in [-0.25, -0.2) is 0 Å². The smallest absolute Gasteiger partial charge is 0.0738 e. The molecule has 96 valence electrons. The molecule has 1 N–H and O–H groups in total. The van der Waals surface area contributed by atoms with Crippen LogP contribution in [0.25, 0.3) is 0 Å². The molecule has 2 rings (SSSR count). The molecule has 1 aromatic rings. The van der Waals surface area contributed by atoms with Gasteiger partial charge in [-0.2, -0.15) is 5.10 Å². The maximum atomic E-state index is 4.44. The summed E-state index contributed by atoms with van der Waals surface area (Å²) >= 11 is 3.64. The van der Waals surface area contributed by atoms with Crippen LogP contribution in [0.15, 0.2) is 4.47 Å². The third kappa shape index (κ3) is 3.10. The van der Waals surface area contributed by atoms with Crippen molar-refractivity contribution >= 4 is 15.9 Å². The van der Waals surface area contributed by atoms with E-state index in [-0.39, 0.29) is 0 Å². The lowest BCUT2D eigenvalue weighted by Gasteiger charge is -2.17. The van der Waals surface area contributed by atoms with Gasteiger partial charge in [0.05, 0.1) is 15.9 Å². The first-order valence-corrected chi connectivity index (χ1v) is 7.34. The van der Waals surface area contributed by atoms with Gasteiger partial charge in [-0.05, 0) is 61.0 Å². The van der Waals surface area contributed by atoms with Gasteiger partial charge in [0.25, 0.3) is 0 Å². The largest absolute Gasteiger partial charge is 0.314 e. The Morgan fingerprint density at radius 3 is 2.71 bits per heavy atom. The number of hydrogen-bond donors (Lipinski definition) is 1. The number of aryl methyl sites for hydroxylation is 2. The summed E-state index contributed by atoms with van der Waals surface area (Å²) in [5.74, 6) is 0.919. The van der Waals surface area contributed by atoms with E-state index in [1.165, 1.54) is 29.4 Å². The zero-order valence-electron chi connectivity index (χ0n) is 11.0. The fourth-order valence-corrected chi connectivity index (χ4v) is 3.04. The minimum Gasteiger partial charge on any atom is -0.314 e. The molecule has 1 saturated carbocycles. The molecule has 1 aromatic heterocycles. The van der Waals surface area contributed by atoms with E-state index < -0.39 is 0 Å². The second-order valence-electron chi connectivity index (χ2n) is 5.01. The van der Waals surface area contributed by atoms with E-state index in [1.807, 2.05) is 11.7 Å². The van der Waals surface area contributed by atoms with E-state index in [9.17, 15) is 0 Å². The molecule has 0 bridgehead atoms. The molecular formula is C13H22BrN3. The van der Waals surface area contributed by atoms with Crippen LogP contribution in [0.2, 0.25) is 0 Å². The van der Waals surface area contributed by atoms with Gasteiger partial charge in [0.1, 0.15) is 0 Å². The normalized spacial score (nSPS) is 17.4. The van der Waals surface area contributed by atoms with Gasteiger partial charge in [0.15, 0.2) is 0 Å². The van der Waals surface area contributed by atoms with Gasteiger partial charge in [-0.15, -0.1) is 0 Å². The van der Waals surface area contributed by atoms with Gasteiger partial charge >= 0.3 is 0 Å². The first-order valence-electron chi connectivity index (χ1n) is 6.54. The van der Waals surface area contributed by atoms with Crippen molar-refractivity contribution in [2.45, 2.75) is 45.6 Å². The number of hydrogen-bond acceptors (Lipinski definition) is 2. The van der Waals surface area contributed by atoms with Crippen LogP contribution >= 0.6 is 15.9 Å². The molecule has 0 aromatic carbocycles. The molecule has 3 nitrogen and oxygen atoms in total. The number of nitrogens with one attached hydrogen (secondary N) is 1. The summed E-state index contributed by atoms with van der Waals surface area (Å²) in [6.45, 7) is 5.32. The van der Waals surface area contributed by atoms with Crippen molar-refractivity contribution in [2.24, 2.45) is 13.0 Å². The topological polar surface area (TPSA) is 29.9 Å². The maximum Gasteiger partial charge on any atom is 0.0738 e. The van der Waals surface area contributed by atoms with E-state index >= 15 is 0 Å². The number of aromatic nitrogens is 2. The fraction of sp³-hybridized carbons (Fsp3) is 0.769. The van der Waals surface area contributed by atoms with Crippen molar-refractivity contribution in [1.82, 2.24) is 15.1 Å². The Kier molecular flexibility index (Phi) is 4.26. The van der Waals surface area contributed by atoms with Crippen molar-refractivity contribution in [3.05, 3.63) is 15.9 Å². The van der Waals surface area contributed by atoms with Crippen LogP contribution in [-0.2, 0) is 13.5 Å². The Morgan fingerprint density at radius 1 is 1.53 bits per heavy atom. The lowest BCUT2D eigenvalue weighted by Crippen LogP contribution is -2.31. The maximum absolute atomic E-state index is 4.44. The third-order valence-corrected chi connectivity index (χ3v) is 4.64. The van der Waals surface area contributed by atoms with Crippen LogP contribution in [-0.4, -0.2) is 22.4 Å². The van der Waals surface area contributed by atoms with Crippen LogP contribution in [0.4, 0.5) is 0 Å². The Morgan fingerprint density at radius 2 is 2.24 bits per heavy atom. The molecule has 1 fully saturated rings. The molecule has 1 aliphatic carbocycles. The molecule has 0 spiro atoms. The highest BCUT2D eigenvalue weighted by Crippen LogP contribution is 2.35. The SMILES string of the molecule is CCNC(CCc1c(Br)c(C)nn1C)C1CC1. The summed E-state index contributed by atoms with van der Waals surface area (Å²) in [5.41, 5.74) is 2.42. The molecule has 0 radical (unpaired) electrons. The Hall–Kier alpha value is -0.350. The molecule has 0 amide bonds. The van der Waals surface area contributed by atoms with Crippen LogP contribution in [0.1, 0.15) is 37.6 Å². The van der Waals surface area contributed by atoms with Crippen molar-refractivity contribution in [3.63, 3.8) is 0 Å². The fourth-order valence-electron chi connectivity index (χ4n) is 2.51. The van der Waals surface area contributed by atoms with Gasteiger partial charge in [-0.1, -0.05) is 6.92 Å². The minimum absolute atomic E-state index is 0.696. The molecule has 0 aliphatic heterocycles. The van der Waals surface area contributed by atoms with Crippen molar-refractivity contribution < 1.29 is 0 Å². The predicted octanol–water partition coefficient (Wildman–Crippen LogP) is 2.81. The lowest BCUT2D eigenvalue weighted by molar-refractivity contribution is 0.441. The van der Waals surface area contributed by atoms with Gasteiger partial charge in [-0.3, -0.25) is 4.68 Å². The van der Waals surface area contributed by atoms with Crippen LogP contribution in [0.3, 0.4) is 0 Å². The molecule has 1 heterocycles. The van der Waals surface area contributed by atoms with Crippen LogP contribution in [0.5, 0.6) is 0 Å². The predicted molar refractivity (Wildman–Crippen MR) is 74.2 cm³/mol. The highest BCUT2D eigenvalue weighted by Gasteiger charge is 2.30. The van der Waals surface area contributed by atoms with Crippen molar-refractivity contribution in [1.29, 1.82) is 0 Å². The summed E-state index contributed by atoms with van der Waals surface area (Å²) in [6.07, 6.45) is 5.13. The molecule has 1 atom stereocenters. The quantitative estimate of drug-likeness (QED) is 0.875. The van der Waals surface area contributed by atoms with E-state index in [4.69, 9.17) is 0 Å². The van der Waals surface area contributed by atoms with Gasteiger partial charge in [0, 0.05) is 13.1 Å². The first-order chi connectivity index (χ1) is 8.13. The second kappa shape index (κ2) is 5.53. The van der Waals surface area contributed by atoms with E-state index in [1.54, 1.807) is 0 Å². The Labute approximate surface area is 112 Å². The lowest BCUT2D eigenvalue weighted by atomic mass is 10.0. The number of nitrogens with zero attached hydrogens (tertiary/aromatic N) is 2. The number of rotatable bonds is 6. The molecular weight excluding hydrogens is 278 g/mol. The summed E-state index contributed by atoms with van der Waals surface area (Å²) in [4.78, 5) is 0. The summed E-state index contributed by atoms with van der Waals surface area (Å²) in [7, 11) is 2.03. The van der Waals surface area contributed by atoms with E-state index in [0.29, 0.717) is 6.04 Å². The van der Waals surface area contributed by atoms with E-state index in [0.717, 1.165) is 24.6 Å². The van der Waals surface area contributed by atoms with E-state index in [2.05, 4.69) is 40.2 Å². The highest BCUT2D eigenvalue weighted by atomic mass is 79.9. The summed E-state index contributed by atoms with van der Waals surface area (Å²) in [5, 5.41) is 8.06. The monoisotopic (exact) mass is 299 g/mol. The third-order valence-electron chi connectivity index (χ3n) is 3.61. The molecule has 4 heteroatoms. The summed E-state index contributed by atoms with van der Waals surface area (Å²) < 4.78 is 3.20. The second-order valence-corrected chi connectivity index (χ2v) is 5.80. The molecule has 1 unspecified atom stereocenters. The molecule has 17 heavy (non-hydrogen) atoms. The molecule has 1 aliphatic rings. The Balaban J connectivity index is 1.95. The van der Waals surface area contributed by atoms with Crippen molar-refractivity contribution in [2.75, 3.05) is 6.54 Å². The minimum atomic E-state index is 0.696. The number of halogens is 1. The summed E-state index contributed by atoms with van der Waals surface area (Å²) in [6, 6.07) is 0.696. The average Bonchev–Trinajstić information content (AvgIpc) is 3.07. The average molecular weight is 300 g/mol. The van der Waals surface area contributed by atoms with Crippen molar-refractivity contribution in [3.8, 4) is 0 Å².